The highest BCUT2D eigenvalue weighted by molar-refractivity contribution is 7.92. The van der Waals surface area contributed by atoms with Gasteiger partial charge in [-0.3, -0.25) is 4.72 Å². The molecule has 0 saturated carbocycles. The number of hydrogen-bond donors (Lipinski definition) is 2. The summed E-state index contributed by atoms with van der Waals surface area (Å²) < 4.78 is 40.3. The molecule has 5 nitrogen and oxygen atoms in total. The summed E-state index contributed by atoms with van der Waals surface area (Å²) in [6, 6.07) is 6.41. The van der Waals surface area contributed by atoms with E-state index in [4.69, 9.17) is 11.6 Å². The second kappa shape index (κ2) is 6.28. The second-order valence-corrected chi connectivity index (χ2v) is 6.26. The van der Waals surface area contributed by atoms with Crippen LogP contribution in [0.25, 0.3) is 0 Å². The first-order chi connectivity index (χ1) is 9.92. The lowest BCUT2D eigenvalue weighted by Gasteiger charge is -2.10. The molecule has 0 atom stereocenters. The molecule has 1 aromatic carbocycles. The molecule has 1 aromatic heterocycles. The quantitative estimate of drug-likeness (QED) is 0.884. The highest BCUT2D eigenvalue weighted by Gasteiger charge is 2.17. The Hall–Kier alpha value is -1.86. The maximum absolute atomic E-state index is 13.7. The van der Waals surface area contributed by atoms with Crippen LogP contribution in [-0.4, -0.2) is 19.9 Å². The molecular formula is C13H13ClFN3O2S. The number of sulfonamides is 1. The van der Waals surface area contributed by atoms with Crippen molar-refractivity contribution in [1.29, 1.82) is 0 Å². The predicted octanol–water partition coefficient (Wildman–Crippen LogP) is 3.11. The van der Waals surface area contributed by atoms with Gasteiger partial charge in [0.1, 0.15) is 11.6 Å². The van der Waals surface area contributed by atoms with E-state index in [1.807, 2.05) is 6.92 Å². The third-order valence-corrected chi connectivity index (χ3v) is 4.17. The Balaban J connectivity index is 2.31. The van der Waals surface area contributed by atoms with Crippen LogP contribution in [0.15, 0.2) is 41.4 Å². The molecule has 0 saturated heterocycles. The van der Waals surface area contributed by atoms with Gasteiger partial charge in [-0.05, 0) is 31.2 Å². The number of rotatable bonds is 5. The Kier molecular flexibility index (Phi) is 4.64. The van der Waals surface area contributed by atoms with Crippen LogP contribution in [0, 0.1) is 5.82 Å². The number of nitrogens with one attached hydrogen (secondary N) is 2. The van der Waals surface area contributed by atoms with Crippen LogP contribution in [-0.2, 0) is 10.0 Å². The van der Waals surface area contributed by atoms with Crippen molar-refractivity contribution in [2.24, 2.45) is 0 Å². The molecule has 0 bridgehead atoms. The summed E-state index contributed by atoms with van der Waals surface area (Å²) in [7, 11) is -3.90. The lowest BCUT2D eigenvalue weighted by molar-refractivity contribution is 0.598. The number of hydrogen-bond acceptors (Lipinski definition) is 4. The van der Waals surface area contributed by atoms with Crippen molar-refractivity contribution >= 4 is 33.1 Å². The predicted molar refractivity (Wildman–Crippen MR) is 80.6 cm³/mol. The minimum absolute atomic E-state index is 0.0113. The fourth-order valence-corrected chi connectivity index (χ4v) is 2.87. The van der Waals surface area contributed by atoms with Crippen molar-refractivity contribution in [3.63, 3.8) is 0 Å². The molecule has 112 valence electrons. The molecule has 0 aliphatic heterocycles. The summed E-state index contributed by atoms with van der Waals surface area (Å²) >= 11 is 5.63. The van der Waals surface area contributed by atoms with Crippen LogP contribution < -0.4 is 10.0 Å². The zero-order chi connectivity index (χ0) is 15.5. The molecule has 0 spiro atoms. The largest absolute Gasteiger partial charge is 0.370 e. The molecule has 0 amide bonds. The van der Waals surface area contributed by atoms with Gasteiger partial charge in [-0.25, -0.2) is 17.8 Å². The van der Waals surface area contributed by atoms with Gasteiger partial charge < -0.3 is 5.32 Å². The summed E-state index contributed by atoms with van der Waals surface area (Å²) in [6.45, 7) is 2.47. The summed E-state index contributed by atoms with van der Waals surface area (Å²) in [4.78, 5) is 3.97. The highest BCUT2D eigenvalue weighted by atomic mass is 35.5. The van der Waals surface area contributed by atoms with Crippen LogP contribution in [0.3, 0.4) is 0 Å². The Labute approximate surface area is 127 Å². The fraction of sp³-hybridized carbons (Fsp3) is 0.154. The molecule has 2 rings (SSSR count). The minimum atomic E-state index is -3.90. The third kappa shape index (κ3) is 3.83. The van der Waals surface area contributed by atoms with Gasteiger partial charge in [0.2, 0.25) is 0 Å². The molecule has 0 unspecified atom stereocenters. The van der Waals surface area contributed by atoms with E-state index in [1.165, 1.54) is 30.5 Å². The van der Waals surface area contributed by atoms with Gasteiger partial charge in [0.15, 0.2) is 0 Å². The molecule has 0 fully saturated rings. The van der Waals surface area contributed by atoms with Crippen molar-refractivity contribution in [3.05, 3.63) is 47.4 Å². The summed E-state index contributed by atoms with van der Waals surface area (Å²) in [5.74, 6) is -0.316. The van der Waals surface area contributed by atoms with Gasteiger partial charge in [-0.2, -0.15) is 0 Å². The van der Waals surface area contributed by atoms with Crippen molar-refractivity contribution in [3.8, 4) is 0 Å². The molecular weight excluding hydrogens is 317 g/mol. The smallest absolute Gasteiger partial charge is 0.262 e. The van der Waals surface area contributed by atoms with E-state index in [9.17, 15) is 12.8 Å². The van der Waals surface area contributed by atoms with Gasteiger partial charge in [0.25, 0.3) is 10.0 Å². The fourth-order valence-electron chi connectivity index (χ4n) is 1.63. The summed E-state index contributed by atoms with van der Waals surface area (Å²) in [5, 5.41) is 3.10. The zero-order valence-corrected chi connectivity index (χ0v) is 12.7. The summed E-state index contributed by atoms with van der Waals surface area (Å²) in [5.41, 5.74) is -0.166. The summed E-state index contributed by atoms with van der Waals surface area (Å²) in [6.07, 6.45) is 1.37. The zero-order valence-electron chi connectivity index (χ0n) is 11.1. The van der Waals surface area contributed by atoms with Crippen molar-refractivity contribution in [1.82, 2.24) is 4.98 Å². The Morgan fingerprint density at radius 2 is 2.05 bits per heavy atom. The van der Waals surface area contributed by atoms with Gasteiger partial charge >= 0.3 is 0 Å². The first-order valence-electron chi connectivity index (χ1n) is 6.10. The average Bonchev–Trinajstić information content (AvgIpc) is 2.43. The van der Waals surface area contributed by atoms with E-state index in [-0.39, 0.29) is 15.6 Å². The normalized spacial score (nSPS) is 11.2. The lowest BCUT2D eigenvalue weighted by Crippen LogP contribution is -2.14. The number of halogens is 2. The maximum atomic E-state index is 13.7. The second-order valence-electron chi connectivity index (χ2n) is 4.14. The van der Waals surface area contributed by atoms with Crippen LogP contribution in [0.2, 0.25) is 5.02 Å². The monoisotopic (exact) mass is 329 g/mol. The molecule has 0 aliphatic carbocycles. The van der Waals surface area contributed by atoms with E-state index in [2.05, 4.69) is 15.0 Å². The van der Waals surface area contributed by atoms with Crippen LogP contribution in [0.1, 0.15) is 6.92 Å². The Bertz CT molecular complexity index is 753. The van der Waals surface area contributed by atoms with E-state index in [1.54, 1.807) is 0 Å². The minimum Gasteiger partial charge on any atom is -0.370 e. The standard InChI is InChI=1S/C13H13ClFN3O2S/c1-2-16-13-8-10(5-6-17-13)21(19,20)18-12-4-3-9(14)7-11(12)15/h3-8,18H,2H2,1H3,(H,16,17). The number of anilines is 2. The van der Waals surface area contributed by atoms with E-state index in [0.29, 0.717) is 12.4 Å². The molecule has 2 aromatic rings. The van der Waals surface area contributed by atoms with Crippen LogP contribution in [0.5, 0.6) is 0 Å². The Morgan fingerprint density at radius 3 is 2.71 bits per heavy atom. The molecule has 0 radical (unpaired) electrons. The number of nitrogens with zero attached hydrogens (tertiary/aromatic N) is 1. The van der Waals surface area contributed by atoms with Gasteiger partial charge in [0.05, 0.1) is 10.6 Å². The van der Waals surface area contributed by atoms with Crippen molar-refractivity contribution in [2.45, 2.75) is 11.8 Å². The molecule has 2 N–H and O–H groups in total. The molecule has 8 heteroatoms. The molecule has 21 heavy (non-hydrogen) atoms. The topological polar surface area (TPSA) is 71.1 Å². The molecule has 1 heterocycles. The highest BCUT2D eigenvalue weighted by Crippen LogP contribution is 2.22. The SMILES string of the molecule is CCNc1cc(S(=O)(=O)Nc2ccc(Cl)cc2F)ccn1. The Morgan fingerprint density at radius 1 is 1.29 bits per heavy atom. The van der Waals surface area contributed by atoms with Crippen molar-refractivity contribution in [2.75, 3.05) is 16.6 Å². The maximum Gasteiger partial charge on any atom is 0.262 e. The van der Waals surface area contributed by atoms with Crippen LogP contribution in [0.4, 0.5) is 15.9 Å². The average molecular weight is 330 g/mol. The van der Waals surface area contributed by atoms with Gasteiger partial charge in [0, 0.05) is 23.8 Å². The van der Waals surface area contributed by atoms with E-state index < -0.39 is 15.8 Å². The lowest BCUT2D eigenvalue weighted by atomic mass is 10.3. The van der Waals surface area contributed by atoms with Gasteiger partial charge in [-0.15, -0.1) is 0 Å². The number of aromatic nitrogens is 1. The van der Waals surface area contributed by atoms with Gasteiger partial charge in [-0.1, -0.05) is 11.6 Å². The van der Waals surface area contributed by atoms with Crippen LogP contribution >= 0.6 is 11.6 Å². The van der Waals surface area contributed by atoms with Crippen molar-refractivity contribution < 1.29 is 12.8 Å². The molecule has 0 aliphatic rings. The first-order valence-corrected chi connectivity index (χ1v) is 7.96. The van der Waals surface area contributed by atoms with E-state index >= 15 is 0 Å². The third-order valence-electron chi connectivity index (χ3n) is 2.58. The first kappa shape index (κ1) is 15.5. The number of pyridine rings is 1. The number of benzene rings is 1. The van der Waals surface area contributed by atoms with E-state index in [0.717, 1.165) is 6.07 Å².